The van der Waals surface area contributed by atoms with Gasteiger partial charge in [0, 0.05) is 11.5 Å². The van der Waals surface area contributed by atoms with Crippen molar-refractivity contribution in [1.82, 2.24) is 5.43 Å². The van der Waals surface area contributed by atoms with Crippen LogP contribution in [0.3, 0.4) is 0 Å². The highest BCUT2D eigenvalue weighted by Crippen LogP contribution is 2.36. The molecule has 1 heterocycles. The number of phenols is 2. The van der Waals surface area contributed by atoms with E-state index in [1.807, 2.05) is 29.2 Å². The number of fused-ring (bicyclic) bond motifs is 2. The van der Waals surface area contributed by atoms with E-state index in [9.17, 15) is 10.2 Å². The molecule has 4 aromatic rings. The van der Waals surface area contributed by atoms with E-state index in [2.05, 4.69) is 47.4 Å². The van der Waals surface area contributed by atoms with Crippen LogP contribution in [0.5, 0.6) is 11.5 Å². The van der Waals surface area contributed by atoms with Crippen LogP contribution in [-0.4, -0.2) is 16.0 Å². The lowest BCUT2D eigenvalue weighted by Gasteiger charge is -2.23. The Morgan fingerprint density at radius 1 is 0.821 bits per heavy atom. The van der Waals surface area contributed by atoms with Gasteiger partial charge >= 0.3 is 0 Å². The minimum absolute atomic E-state index is 0.00480. The third-order valence-electron chi connectivity index (χ3n) is 4.96. The lowest BCUT2D eigenvalue weighted by Crippen LogP contribution is -2.27. The highest BCUT2D eigenvalue weighted by Gasteiger charge is 2.27. The van der Waals surface area contributed by atoms with Gasteiger partial charge in [-0.2, -0.15) is 5.10 Å². The summed E-state index contributed by atoms with van der Waals surface area (Å²) < 4.78 is 0. The highest BCUT2D eigenvalue weighted by atomic mass is 16.3. The zero-order chi connectivity index (χ0) is 19.3. The Morgan fingerprint density at radius 3 is 2.36 bits per heavy atom. The predicted molar refractivity (Wildman–Crippen MR) is 113 cm³/mol. The van der Waals surface area contributed by atoms with Gasteiger partial charge in [0.2, 0.25) is 0 Å². The largest absolute Gasteiger partial charge is 0.508 e. The second-order valence-corrected chi connectivity index (χ2v) is 6.73. The Morgan fingerprint density at radius 2 is 1.57 bits per heavy atom. The van der Waals surface area contributed by atoms with Gasteiger partial charge in [-0.15, -0.1) is 0 Å². The van der Waals surface area contributed by atoms with Crippen molar-refractivity contribution in [3.05, 3.63) is 90.8 Å². The van der Waals surface area contributed by atoms with Crippen LogP contribution in [0, 0.1) is 0 Å². The molecular formula is C23H17N3O2. The summed E-state index contributed by atoms with van der Waals surface area (Å²) in [7, 11) is 0. The molecule has 0 unspecified atom stereocenters. The van der Waals surface area contributed by atoms with E-state index in [4.69, 9.17) is 0 Å². The minimum Gasteiger partial charge on any atom is -0.508 e. The van der Waals surface area contributed by atoms with Gasteiger partial charge in [-0.1, -0.05) is 43.0 Å². The summed E-state index contributed by atoms with van der Waals surface area (Å²) in [6.07, 6.45) is 0. The number of hydrazone groups is 1. The first-order valence-electron chi connectivity index (χ1n) is 8.88. The number of amidine groups is 1. The normalized spacial score (nSPS) is 13.8. The van der Waals surface area contributed by atoms with E-state index in [-0.39, 0.29) is 11.5 Å². The molecule has 0 saturated heterocycles. The van der Waals surface area contributed by atoms with E-state index >= 15 is 0 Å². The second-order valence-electron chi connectivity index (χ2n) is 6.73. The maximum Gasteiger partial charge on any atom is 0.170 e. The summed E-state index contributed by atoms with van der Waals surface area (Å²) in [5, 5.41) is 28.8. The Kier molecular flexibility index (Phi) is 3.49. The number of benzene rings is 4. The summed E-state index contributed by atoms with van der Waals surface area (Å²) in [5.74, 6) is 1.05. The maximum atomic E-state index is 10.3. The van der Waals surface area contributed by atoms with Crippen molar-refractivity contribution in [1.29, 1.82) is 0 Å². The van der Waals surface area contributed by atoms with E-state index in [1.54, 1.807) is 6.07 Å². The van der Waals surface area contributed by atoms with Crippen LogP contribution in [0.2, 0.25) is 0 Å². The van der Waals surface area contributed by atoms with E-state index in [1.165, 1.54) is 17.5 Å². The molecular weight excluding hydrogens is 350 g/mol. The molecule has 28 heavy (non-hydrogen) atoms. The Balaban J connectivity index is 1.72. The molecule has 0 spiro atoms. The van der Waals surface area contributed by atoms with Gasteiger partial charge in [-0.05, 0) is 46.5 Å². The molecule has 136 valence electrons. The number of phenolic OH excluding ortho intramolecular Hbond substituents is 2. The van der Waals surface area contributed by atoms with Crippen molar-refractivity contribution in [2.45, 2.75) is 0 Å². The number of nitrogens with zero attached hydrogens (tertiary/aromatic N) is 2. The maximum absolute atomic E-state index is 10.3. The molecule has 4 aromatic carbocycles. The van der Waals surface area contributed by atoms with Gasteiger partial charge < -0.3 is 10.2 Å². The summed E-state index contributed by atoms with van der Waals surface area (Å²) in [6.45, 7) is 4.07. The number of anilines is 1. The number of nitrogens with one attached hydrogen (secondary N) is 1. The Labute approximate surface area is 161 Å². The average molecular weight is 367 g/mol. The van der Waals surface area contributed by atoms with Gasteiger partial charge in [0.1, 0.15) is 17.3 Å². The van der Waals surface area contributed by atoms with Gasteiger partial charge in [0.25, 0.3) is 0 Å². The monoisotopic (exact) mass is 367 g/mol. The molecule has 0 aliphatic carbocycles. The molecule has 0 aromatic heterocycles. The molecule has 0 radical (unpaired) electrons. The molecule has 1 aliphatic heterocycles. The van der Waals surface area contributed by atoms with E-state index in [0.29, 0.717) is 17.2 Å². The van der Waals surface area contributed by atoms with Gasteiger partial charge in [0.05, 0.1) is 11.3 Å². The molecule has 5 rings (SSSR count). The van der Waals surface area contributed by atoms with Crippen molar-refractivity contribution < 1.29 is 10.2 Å². The topological polar surface area (TPSA) is 68.1 Å². The predicted octanol–water partition coefficient (Wildman–Crippen LogP) is 4.65. The summed E-state index contributed by atoms with van der Waals surface area (Å²) >= 11 is 0. The zero-order valence-electron chi connectivity index (χ0n) is 14.9. The van der Waals surface area contributed by atoms with E-state index in [0.717, 1.165) is 21.8 Å². The quantitative estimate of drug-likeness (QED) is 0.451. The van der Waals surface area contributed by atoms with Crippen LogP contribution in [0.4, 0.5) is 5.69 Å². The van der Waals surface area contributed by atoms with Crippen LogP contribution in [-0.2, 0) is 0 Å². The lowest BCUT2D eigenvalue weighted by atomic mass is 10.0. The first-order valence-corrected chi connectivity index (χ1v) is 8.88. The first-order chi connectivity index (χ1) is 13.6. The first kappa shape index (κ1) is 16.2. The minimum atomic E-state index is -0.0501. The van der Waals surface area contributed by atoms with Gasteiger partial charge in [0.15, 0.2) is 5.84 Å². The zero-order valence-corrected chi connectivity index (χ0v) is 14.9. The highest BCUT2D eigenvalue weighted by molar-refractivity contribution is 6.18. The SMILES string of the molecule is C=C1NN=C(c2ccc(O)cc2O)N1c1cccc2cc3ccccc3cc12. The van der Waals surface area contributed by atoms with Crippen LogP contribution in [0.25, 0.3) is 21.5 Å². The summed E-state index contributed by atoms with van der Waals surface area (Å²) in [5.41, 5.74) is 4.31. The molecule has 0 atom stereocenters. The molecule has 0 bridgehead atoms. The second kappa shape index (κ2) is 6.03. The molecule has 5 nitrogen and oxygen atoms in total. The third-order valence-corrected chi connectivity index (χ3v) is 4.96. The van der Waals surface area contributed by atoms with Crippen LogP contribution in [0.15, 0.2) is 90.3 Å². The van der Waals surface area contributed by atoms with Gasteiger partial charge in [-0.3, -0.25) is 10.3 Å². The molecule has 0 saturated carbocycles. The summed E-state index contributed by atoms with van der Waals surface area (Å²) in [4.78, 5) is 1.88. The van der Waals surface area contributed by atoms with Crippen molar-refractivity contribution in [2.75, 3.05) is 4.90 Å². The van der Waals surface area contributed by atoms with Crippen LogP contribution >= 0.6 is 0 Å². The number of aromatic hydroxyl groups is 2. The fourth-order valence-corrected chi connectivity index (χ4v) is 3.64. The Bertz CT molecular complexity index is 1290. The van der Waals surface area contributed by atoms with Crippen molar-refractivity contribution >= 4 is 33.1 Å². The number of hydrogen-bond donors (Lipinski definition) is 3. The summed E-state index contributed by atoms with van der Waals surface area (Å²) in [6, 6.07) is 23.1. The average Bonchev–Trinajstić information content (AvgIpc) is 3.07. The fraction of sp³-hybridized carbons (Fsp3) is 0. The smallest absolute Gasteiger partial charge is 0.170 e. The van der Waals surface area contributed by atoms with Crippen molar-refractivity contribution in [2.24, 2.45) is 5.10 Å². The lowest BCUT2D eigenvalue weighted by molar-refractivity contribution is 0.450. The fourth-order valence-electron chi connectivity index (χ4n) is 3.64. The molecule has 1 aliphatic rings. The van der Waals surface area contributed by atoms with Crippen LogP contribution < -0.4 is 10.3 Å². The molecule has 3 N–H and O–H groups in total. The molecule has 5 heteroatoms. The standard InChI is InChI=1S/C23H17N3O2/c1-14-24-25-23(19-10-9-18(27)13-22(19)28)26(14)21-8-4-7-17-11-15-5-2-3-6-16(15)12-20(17)21/h2-13,24,27-28H,1H2. The van der Waals surface area contributed by atoms with Crippen LogP contribution in [0.1, 0.15) is 5.56 Å². The number of rotatable bonds is 2. The molecule has 0 amide bonds. The third kappa shape index (κ3) is 2.45. The van der Waals surface area contributed by atoms with Gasteiger partial charge in [-0.25, -0.2) is 0 Å². The molecule has 0 fully saturated rings. The van der Waals surface area contributed by atoms with E-state index < -0.39 is 0 Å². The van der Waals surface area contributed by atoms with Crippen molar-refractivity contribution in [3.63, 3.8) is 0 Å². The Hall–Kier alpha value is -3.99. The number of hydrogen-bond acceptors (Lipinski definition) is 5. The van der Waals surface area contributed by atoms with Crippen molar-refractivity contribution in [3.8, 4) is 11.5 Å².